The van der Waals surface area contributed by atoms with Crippen molar-refractivity contribution < 1.29 is 0 Å². The smallest absolute Gasteiger partial charge is 0.0314 e. The number of anilines is 2. The second kappa shape index (κ2) is 10.9. The zero-order valence-electron chi connectivity index (χ0n) is 22.3. The average Bonchev–Trinajstić information content (AvgIpc) is 3.20. The molecule has 5 rings (SSSR count). The van der Waals surface area contributed by atoms with E-state index in [4.69, 9.17) is 11.5 Å². The van der Waals surface area contributed by atoms with E-state index in [0.29, 0.717) is 0 Å². The van der Waals surface area contributed by atoms with Gasteiger partial charge in [-0.25, -0.2) is 0 Å². The van der Waals surface area contributed by atoms with Gasteiger partial charge in [-0.05, 0) is 108 Å². The first-order chi connectivity index (χ1) is 18.5. The first-order valence-corrected chi connectivity index (χ1v) is 13.6. The fourth-order valence-electron chi connectivity index (χ4n) is 5.64. The van der Waals surface area contributed by atoms with Gasteiger partial charge in [-0.3, -0.25) is 0 Å². The van der Waals surface area contributed by atoms with Crippen molar-refractivity contribution in [1.82, 2.24) is 0 Å². The van der Waals surface area contributed by atoms with E-state index in [9.17, 15) is 0 Å². The highest BCUT2D eigenvalue weighted by Crippen LogP contribution is 2.54. The summed E-state index contributed by atoms with van der Waals surface area (Å²) in [7, 11) is 0. The second-order valence-corrected chi connectivity index (χ2v) is 10.2. The molecule has 0 aliphatic heterocycles. The normalized spacial score (nSPS) is 12.5. The van der Waals surface area contributed by atoms with E-state index in [1.54, 1.807) is 0 Å². The van der Waals surface area contributed by atoms with Crippen LogP contribution < -0.4 is 11.5 Å². The van der Waals surface area contributed by atoms with Crippen LogP contribution in [0.3, 0.4) is 0 Å². The van der Waals surface area contributed by atoms with E-state index in [2.05, 4.69) is 73.9 Å². The molecule has 0 fully saturated rings. The molecule has 0 unspecified atom stereocenters. The molecule has 1 aliphatic carbocycles. The van der Waals surface area contributed by atoms with Crippen LogP contribution in [0.1, 0.15) is 79.3 Å². The minimum absolute atomic E-state index is 0.0206. The Kier molecular flexibility index (Phi) is 7.26. The highest BCUT2D eigenvalue weighted by molar-refractivity contribution is 5.82. The van der Waals surface area contributed by atoms with E-state index in [-0.39, 0.29) is 5.41 Å². The van der Waals surface area contributed by atoms with Crippen LogP contribution in [0.5, 0.6) is 0 Å². The van der Waals surface area contributed by atoms with E-state index in [0.717, 1.165) is 52.9 Å². The molecule has 0 aromatic heterocycles. The van der Waals surface area contributed by atoms with Gasteiger partial charge in [0, 0.05) is 39.0 Å². The molecular weight excluding hydrogens is 460 g/mol. The van der Waals surface area contributed by atoms with Gasteiger partial charge in [0.2, 0.25) is 0 Å². The number of hydrogen-bond acceptors (Lipinski definition) is 2. The van der Waals surface area contributed by atoms with Gasteiger partial charge in [-0.2, -0.15) is 0 Å². The molecular formula is C36H34N2. The minimum Gasteiger partial charge on any atom is -0.399 e. The Morgan fingerprint density at radius 3 is 1.37 bits per heavy atom. The van der Waals surface area contributed by atoms with Crippen molar-refractivity contribution in [3.8, 4) is 34.8 Å². The predicted octanol–water partition coefficient (Wildman–Crippen LogP) is 7.91. The topological polar surface area (TPSA) is 52.0 Å². The standard InChI is InChI=1S/C36H34N2/c1-3-5-23-36(22-4-2)34-24-28(8-6-26-10-16-30(37)17-11-26)14-20-32(34)33-21-15-29(25-35(33)36)9-7-27-12-18-31(38)19-13-27/h10-21,24-25H,3-5,22-23,37-38H2,1-2H3. The molecule has 2 nitrogen and oxygen atoms in total. The summed E-state index contributed by atoms with van der Waals surface area (Å²) in [5, 5.41) is 0. The molecule has 0 heterocycles. The first kappa shape index (κ1) is 25.3. The van der Waals surface area contributed by atoms with Gasteiger partial charge >= 0.3 is 0 Å². The van der Waals surface area contributed by atoms with Crippen molar-refractivity contribution in [2.75, 3.05) is 11.5 Å². The highest BCUT2D eigenvalue weighted by Gasteiger charge is 2.42. The summed E-state index contributed by atoms with van der Waals surface area (Å²) in [4.78, 5) is 0. The molecule has 0 spiro atoms. The summed E-state index contributed by atoms with van der Waals surface area (Å²) in [6.45, 7) is 4.57. The SMILES string of the molecule is CCCCC1(CCC)c2cc(C#Cc3ccc(N)cc3)ccc2-c2ccc(C#Cc3ccc(N)cc3)cc21. The predicted molar refractivity (Wildman–Crippen MR) is 161 cm³/mol. The molecule has 4 aromatic carbocycles. The third-order valence-corrected chi connectivity index (χ3v) is 7.52. The lowest BCUT2D eigenvalue weighted by Gasteiger charge is -2.32. The molecule has 4 N–H and O–H groups in total. The van der Waals surface area contributed by atoms with Gasteiger partial charge in [-0.1, -0.05) is 68.9 Å². The lowest BCUT2D eigenvalue weighted by molar-refractivity contribution is 0.424. The number of nitrogen functional groups attached to an aromatic ring is 2. The van der Waals surface area contributed by atoms with Crippen molar-refractivity contribution in [2.24, 2.45) is 0 Å². The molecule has 0 amide bonds. The highest BCUT2D eigenvalue weighted by atomic mass is 14.5. The lowest BCUT2D eigenvalue weighted by Crippen LogP contribution is -2.25. The average molecular weight is 495 g/mol. The Morgan fingerprint density at radius 2 is 0.947 bits per heavy atom. The minimum atomic E-state index is -0.0206. The molecule has 38 heavy (non-hydrogen) atoms. The van der Waals surface area contributed by atoms with E-state index in [1.165, 1.54) is 35.1 Å². The summed E-state index contributed by atoms with van der Waals surface area (Å²) in [5.41, 5.74) is 22.7. The maximum absolute atomic E-state index is 5.84. The summed E-state index contributed by atoms with van der Waals surface area (Å²) in [5.74, 6) is 13.4. The number of fused-ring (bicyclic) bond motifs is 3. The Labute approximate surface area is 227 Å². The van der Waals surface area contributed by atoms with Crippen LogP contribution in [-0.2, 0) is 5.41 Å². The third-order valence-electron chi connectivity index (χ3n) is 7.52. The van der Waals surface area contributed by atoms with Gasteiger partial charge in [0.15, 0.2) is 0 Å². The monoisotopic (exact) mass is 494 g/mol. The van der Waals surface area contributed by atoms with Crippen LogP contribution in [0.4, 0.5) is 11.4 Å². The van der Waals surface area contributed by atoms with Crippen LogP contribution in [0.15, 0.2) is 84.9 Å². The summed E-state index contributed by atoms with van der Waals surface area (Å²) in [6, 6.07) is 29.0. The Hall–Kier alpha value is -4.40. The number of nitrogens with two attached hydrogens (primary N) is 2. The Balaban J connectivity index is 1.58. The fourth-order valence-corrected chi connectivity index (χ4v) is 5.64. The molecule has 188 valence electrons. The third kappa shape index (κ3) is 5.04. The molecule has 0 radical (unpaired) electrons. The van der Waals surface area contributed by atoms with E-state index < -0.39 is 0 Å². The van der Waals surface area contributed by atoms with Crippen LogP contribution in [0.2, 0.25) is 0 Å². The maximum Gasteiger partial charge on any atom is 0.0314 e. The van der Waals surface area contributed by atoms with Gasteiger partial charge in [0.05, 0.1) is 0 Å². The molecule has 0 saturated carbocycles. The van der Waals surface area contributed by atoms with Crippen LogP contribution in [0.25, 0.3) is 11.1 Å². The molecule has 2 heteroatoms. The van der Waals surface area contributed by atoms with Gasteiger partial charge in [-0.15, -0.1) is 0 Å². The molecule has 0 saturated heterocycles. The van der Waals surface area contributed by atoms with Gasteiger partial charge in [0.1, 0.15) is 0 Å². The zero-order valence-corrected chi connectivity index (χ0v) is 22.3. The van der Waals surface area contributed by atoms with Crippen molar-refractivity contribution >= 4 is 11.4 Å². The van der Waals surface area contributed by atoms with E-state index in [1.807, 2.05) is 48.5 Å². The Morgan fingerprint density at radius 1 is 0.526 bits per heavy atom. The molecule has 0 bridgehead atoms. The number of benzene rings is 4. The van der Waals surface area contributed by atoms with Crippen molar-refractivity contribution in [3.63, 3.8) is 0 Å². The number of rotatable bonds is 5. The lowest BCUT2D eigenvalue weighted by atomic mass is 9.71. The van der Waals surface area contributed by atoms with E-state index >= 15 is 0 Å². The van der Waals surface area contributed by atoms with Gasteiger partial charge < -0.3 is 11.5 Å². The quantitative estimate of drug-likeness (QED) is 0.219. The van der Waals surface area contributed by atoms with Crippen molar-refractivity contribution in [2.45, 2.75) is 51.4 Å². The van der Waals surface area contributed by atoms with Crippen LogP contribution >= 0.6 is 0 Å². The van der Waals surface area contributed by atoms with Gasteiger partial charge in [0.25, 0.3) is 0 Å². The van der Waals surface area contributed by atoms with Crippen molar-refractivity contribution in [3.05, 3.63) is 118 Å². The number of hydrogen-bond donors (Lipinski definition) is 2. The molecule has 1 aliphatic rings. The summed E-state index contributed by atoms with van der Waals surface area (Å²) < 4.78 is 0. The fraction of sp³-hybridized carbons (Fsp3) is 0.222. The molecule has 4 aromatic rings. The first-order valence-electron chi connectivity index (χ1n) is 13.6. The largest absolute Gasteiger partial charge is 0.399 e. The van der Waals surface area contributed by atoms with Crippen LogP contribution in [-0.4, -0.2) is 0 Å². The Bertz CT molecular complexity index is 1460. The summed E-state index contributed by atoms with van der Waals surface area (Å²) >= 11 is 0. The second-order valence-electron chi connectivity index (χ2n) is 10.2. The molecule has 0 atom stereocenters. The maximum atomic E-state index is 5.84. The van der Waals surface area contributed by atoms with Crippen LogP contribution in [0, 0.1) is 23.7 Å². The zero-order chi connectivity index (χ0) is 26.5. The summed E-state index contributed by atoms with van der Waals surface area (Å²) in [6.07, 6.45) is 5.70. The van der Waals surface area contributed by atoms with Crippen molar-refractivity contribution in [1.29, 1.82) is 0 Å². The number of unbranched alkanes of at least 4 members (excludes halogenated alkanes) is 1.